The van der Waals surface area contributed by atoms with Crippen LogP contribution in [0.15, 0.2) is 73.1 Å². The number of benzene rings is 2. The molecule has 2 aromatic heterocycles. The van der Waals surface area contributed by atoms with Crippen LogP contribution >= 0.6 is 0 Å². The van der Waals surface area contributed by atoms with E-state index in [0.717, 1.165) is 71.7 Å². The Hall–Kier alpha value is -4.70. The predicted molar refractivity (Wildman–Crippen MR) is 186 cm³/mol. The molecule has 2 aliphatic heterocycles. The Labute approximate surface area is 281 Å². The van der Waals surface area contributed by atoms with Gasteiger partial charge in [-0.25, -0.2) is 9.78 Å². The van der Waals surface area contributed by atoms with Crippen LogP contribution in [-0.4, -0.2) is 63.7 Å². The minimum absolute atomic E-state index is 0.245. The predicted octanol–water partition coefficient (Wildman–Crippen LogP) is 6.46. The normalized spacial score (nSPS) is 20.0. The molecule has 10 nitrogen and oxygen atoms in total. The van der Waals surface area contributed by atoms with Crippen LogP contribution in [0.25, 0.3) is 22.4 Å². The first-order valence-electron chi connectivity index (χ1n) is 16.9. The standard InChI is InChI=1S/C38H44N6O4/c1-23-20-40-43(5)35(23)25-11-13-29(14-12-25)41-36(45)34(42-37(46)48-38(2,3)4)33(24-9-10-24)28-8-6-7-26(17-28)27-15-16-39-32(18-27)44-21-31-19-30(44)22-47-31/h6-8,11-18,20,24,30-31,33-34H,9-10,19,21-22H2,1-5H3,(H,41,45)(H,42,46)/t30-,31-,33+,34?/m0/s1. The van der Waals surface area contributed by atoms with Gasteiger partial charge in [0.1, 0.15) is 17.5 Å². The number of carbonyl (C=O) groups excluding carboxylic acids is 2. The molecule has 10 heteroatoms. The number of nitrogens with one attached hydrogen (secondary N) is 2. The molecule has 7 rings (SSSR count). The number of aromatic nitrogens is 3. The van der Waals surface area contributed by atoms with Crippen LogP contribution in [0, 0.1) is 12.8 Å². The highest BCUT2D eigenvalue weighted by atomic mass is 16.6. The third-order valence-corrected chi connectivity index (χ3v) is 9.54. The number of alkyl carbamates (subject to hydrolysis) is 1. The lowest BCUT2D eigenvalue weighted by Crippen LogP contribution is -2.49. The molecular formula is C38H44N6O4. The summed E-state index contributed by atoms with van der Waals surface area (Å²) in [5.41, 5.74) is 6.14. The topological polar surface area (TPSA) is 111 Å². The van der Waals surface area contributed by atoms with Gasteiger partial charge in [-0.05, 0) is 99.4 Å². The van der Waals surface area contributed by atoms with Crippen LogP contribution in [-0.2, 0) is 21.3 Å². The number of nitrogens with zero attached hydrogens (tertiary/aromatic N) is 4. The zero-order valence-electron chi connectivity index (χ0n) is 28.3. The van der Waals surface area contributed by atoms with Gasteiger partial charge in [0, 0.05) is 37.0 Å². The Morgan fingerprint density at radius 2 is 1.79 bits per heavy atom. The van der Waals surface area contributed by atoms with Crippen LogP contribution in [0.3, 0.4) is 0 Å². The summed E-state index contributed by atoms with van der Waals surface area (Å²) in [6, 6.07) is 19.8. The van der Waals surface area contributed by atoms with E-state index in [2.05, 4.69) is 44.9 Å². The highest BCUT2D eigenvalue weighted by molar-refractivity contribution is 5.97. The molecule has 4 aromatic rings. The van der Waals surface area contributed by atoms with Crippen LogP contribution in [0.4, 0.5) is 16.3 Å². The van der Waals surface area contributed by atoms with E-state index in [4.69, 9.17) is 14.5 Å². The first kappa shape index (κ1) is 31.9. The van der Waals surface area contributed by atoms with E-state index in [1.165, 1.54) is 0 Å². The molecular weight excluding hydrogens is 604 g/mol. The number of morpholine rings is 1. The third kappa shape index (κ3) is 6.80. The van der Waals surface area contributed by atoms with Gasteiger partial charge in [0.25, 0.3) is 0 Å². The Morgan fingerprint density at radius 3 is 2.44 bits per heavy atom. The van der Waals surface area contributed by atoms with E-state index in [1.54, 1.807) is 0 Å². The summed E-state index contributed by atoms with van der Waals surface area (Å²) in [5.74, 6) is 0.668. The smallest absolute Gasteiger partial charge is 0.408 e. The lowest BCUT2D eigenvalue weighted by Gasteiger charge is -2.30. The number of fused-ring (bicyclic) bond motifs is 2. The van der Waals surface area contributed by atoms with Crippen molar-refractivity contribution in [3.8, 4) is 22.4 Å². The zero-order valence-corrected chi connectivity index (χ0v) is 28.3. The molecule has 2 amide bonds. The molecule has 0 radical (unpaired) electrons. The summed E-state index contributed by atoms with van der Waals surface area (Å²) in [6.45, 7) is 9.09. The molecule has 3 aliphatic rings. The van der Waals surface area contributed by atoms with Crippen molar-refractivity contribution < 1.29 is 19.1 Å². The molecule has 3 fully saturated rings. The first-order chi connectivity index (χ1) is 23.0. The minimum atomic E-state index is -0.852. The van der Waals surface area contributed by atoms with Crippen molar-refractivity contribution in [2.75, 3.05) is 23.4 Å². The number of pyridine rings is 1. The number of aryl methyl sites for hydroxylation is 2. The van der Waals surface area contributed by atoms with E-state index < -0.39 is 17.7 Å². The van der Waals surface area contributed by atoms with E-state index in [-0.39, 0.29) is 23.8 Å². The molecule has 250 valence electrons. The highest BCUT2D eigenvalue weighted by Crippen LogP contribution is 2.46. The van der Waals surface area contributed by atoms with Gasteiger partial charge in [-0.15, -0.1) is 0 Å². The number of carbonyl (C=O) groups is 2. The van der Waals surface area contributed by atoms with Crippen LogP contribution < -0.4 is 15.5 Å². The zero-order chi connectivity index (χ0) is 33.6. The fourth-order valence-corrected chi connectivity index (χ4v) is 7.20. The maximum Gasteiger partial charge on any atom is 0.408 e. The fraction of sp³-hybridized carbons (Fsp3) is 0.421. The molecule has 2 bridgehead atoms. The van der Waals surface area contributed by atoms with Gasteiger partial charge in [-0.2, -0.15) is 5.10 Å². The SMILES string of the molecule is Cc1cnn(C)c1-c1ccc(NC(=O)C(NC(=O)OC(C)(C)C)[C@@H](c2cccc(-c3ccnc(N4C[C@@H]5C[C@H]4CO5)c3)c2)C2CC2)cc1. The van der Waals surface area contributed by atoms with Gasteiger partial charge in [0.05, 0.1) is 30.6 Å². The van der Waals surface area contributed by atoms with Crippen molar-refractivity contribution in [3.05, 3.63) is 84.2 Å². The number of amides is 2. The lowest BCUT2D eigenvalue weighted by atomic mass is 9.85. The van der Waals surface area contributed by atoms with Gasteiger partial charge in [-0.1, -0.05) is 36.4 Å². The molecule has 2 saturated heterocycles. The van der Waals surface area contributed by atoms with Gasteiger partial charge in [0.15, 0.2) is 0 Å². The molecule has 48 heavy (non-hydrogen) atoms. The van der Waals surface area contributed by atoms with Crippen molar-refractivity contribution >= 4 is 23.5 Å². The average Bonchev–Trinajstić information content (AvgIpc) is 3.49. The van der Waals surface area contributed by atoms with Gasteiger partial charge in [-0.3, -0.25) is 9.48 Å². The maximum absolute atomic E-state index is 14.2. The van der Waals surface area contributed by atoms with Crippen molar-refractivity contribution in [1.29, 1.82) is 0 Å². The molecule has 2 N–H and O–H groups in total. The summed E-state index contributed by atoms with van der Waals surface area (Å²) in [6.07, 6.45) is 6.38. The Balaban J connectivity index is 1.17. The maximum atomic E-state index is 14.2. The van der Waals surface area contributed by atoms with Crippen LogP contribution in [0.1, 0.15) is 57.1 Å². The van der Waals surface area contributed by atoms with Gasteiger partial charge in [0.2, 0.25) is 5.91 Å². The van der Waals surface area contributed by atoms with Crippen molar-refractivity contribution in [1.82, 2.24) is 20.1 Å². The summed E-state index contributed by atoms with van der Waals surface area (Å²) < 4.78 is 13.3. The van der Waals surface area contributed by atoms with E-state index in [0.29, 0.717) is 11.7 Å². The highest BCUT2D eigenvalue weighted by Gasteiger charge is 2.43. The Bertz CT molecular complexity index is 1790. The van der Waals surface area contributed by atoms with Gasteiger partial charge < -0.3 is 25.0 Å². The average molecular weight is 649 g/mol. The molecule has 4 atom stereocenters. The molecule has 1 unspecified atom stereocenters. The summed E-state index contributed by atoms with van der Waals surface area (Å²) in [5, 5.41) is 10.4. The second-order valence-electron chi connectivity index (χ2n) is 14.4. The number of anilines is 2. The second-order valence-corrected chi connectivity index (χ2v) is 14.4. The van der Waals surface area contributed by atoms with Crippen molar-refractivity contribution in [3.63, 3.8) is 0 Å². The number of ether oxygens (including phenoxy) is 2. The molecule has 1 saturated carbocycles. The molecule has 0 spiro atoms. The van der Waals surface area contributed by atoms with Crippen LogP contribution in [0.5, 0.6) is 0 Å². The molecule has 1 aliphatic carbocycles. The Morgan fingerprint density at radius 1 is 1.02 bits per heavy atom. The summed E-state index contributed by atoms with van der Waals surface area (Å²) >= 11 is 0. The van der Waals surface area contributed by atoms with Gasteiger partial charge >= 0.3 is 6.09 Å². The largest absolute Gasteiger partial charge is 0.444 e. The van der Waals surface area contributed by atoms with Crippen molar-refractivity contribution in [2.45, 2.75) is 76.7 Å². The lowest BCUT2D eigenvalue weighted by molar-refractivity contribution is -0.118. The summed E-state index contributed by atoms with van der Waals surface area (Å²) in [7, 11) is 1.91. The quantitative estimate of drug-likeness (QED) is 0.214. The number of rotatable bonds is 9. The number of hydrogen-bond acceptors (Lipinski definition) is 7. The monoisotopic (exact) mass is 648 g/mol. The van der Waals surface area contributed by atoms with Crippen LogP contribution in [0.2, 0.25) is 0 Å². The van der Waals surface area contributed by atoms with E-state index in [1.807, 2.05) is 88.2 Å². The fourth-order valence-electron chi connectivity index (χ4n) is 7.20. The molecule has 2 aromatic carbocycles. The first-order valence-corrected chi connectivity index (χ1v) is 16.9. The third-order valence-electron chi connectivity index (χ3n) is 9.54. The Kier molecular flexibility index (Phi) is 8.45. The van der Waals surface area contributed by atoms with E-state index >= 15 is 0 Å². The second kappa shape index (κ2) is 12.7. The van der Waals surface area contributed by atoms with Crippen molar-refractivity contribution in [2.24, 2.45) is 13.0 Å². The van der Waals surface area contributed by atoms with E-state index in [9.17, 15) is 9.59 Å². The minimum Gasteiger partial charge on any atom is -0.444 e. The molecule has 4 heterocycles. The summed E-state index contributed by atoms with van der Waals surface area (Å²) in [4.78, 5) is 34.4. The number of hydrogen-bond donors (Lipinski definition) is 2.